The average molecular weight is 230 g/mol. The molecule has 5 heteroatoms. The Morgan fingerprint density at radius 3 is 3.00 bits per heavy atom. The molecule has 5 nitrogen and oxygen atoms in total. The summed E-state index contributed by atoms with van der Waals surface area (Å²) >= 11 is 0. The molecule has 0 atom stereocenters. The molecule has 0 aromatic carbocycles. The molecule has 88 valence electrons. The van der Waals surface area contributed by atoms with Gasteiger partial charge in [0.15, 0.2) is 0 Å². The topological polar surface area (TPSA) is 63.8 Å². The molecule has 2 heterocycles. The molecule has 0 radical (unpaired) electrons. The minimum Gasteiger partial charge on any atom is -0.392 e. The van der Waals surface area contributed by atoms with Crippen molar-refractivity contribution in [3.8, 4) is 11.3 Å². The number of hydrogen-bond acceptors (Lipinski definition) is 4. The van der Waals surface area contributed by atoms with E-state index in [4.69, 9.17) is 5.11 Å². The third-order valence-electron chi connectivity index (χ3n) is 2.35. The Kier molecular flexibility index (Phi) is 3.62. The lowest BCUT2D eigenvalue weighted by Gasteiger charge is -1.96. The molecular formula is C12H14N4O. The normalized spacial score (nSPS) is 11.2. The summed E-state index contributed by atoms with van der Waals surface area (Å²) < 4.78 is 1.84. The third-order valence-corrected chi connectivity index (χ3v) is 2.35. The molecule has 0 aliphatic rings. The number of aliphatic hydroxyl groups excluding tert-OH is 1. The van der Waals surface area contributed by atoms with Crippen LogP contribution in [-0.2, 0) is 6.54 Å². The highest BCUT2D eigenvalue weighted by Crippen LogP contribution is 2.21. The molecule has 2 rings (SSSR count). The van der Waals surface area contributed by atoms with E-state index in [2.05, 4.69) is 15.1 Å². The van der Waals surface area contributed by atoms with E-state index in [-0.39, 0.29) is 6.61 Å². The largest absolute Gasteiger partial charge is 0.392 e. The van der Waals surface area contributed by atoms with E-state index in [1.54, 1.807) is 18.3 Å². The minimum atomic E-state index is 0.00218. The van der Waals surface area contributed by atoms with Gasteiger partial charge in [-0.05, 0) is 19.1 Å². The molecule has 0 aliphatic heterocycles. The second-order valence-electron chi connectivity index (χ2n) is 3.46. The first-order valence-electron chi connectivity index (χ1n) is 5.46. The van der Waals surface area contributed by atoms with Gasteiger partial charge in [0.05, 0.1) is 18.0 Å². The third kappa shape index (κ3) is 2.57. The lowest BCUT2D eigenvalue weighted by Crippen LogP contribution is -1.93. The van der Waals surface area contributed by atoms with Crippen molar-refractivity contribution in [2.75, 3.05) is 6.61 Å². The van der Waals surface area contributed by atoms with E-state index in [0.717, 1.165) is 23.5 Å². The van der Waals surface area contributed by atoms with Crippen LogP contribution in [-0.4, -0.2) is 31.5 Å². The van der Waals surface area contributed by atoms with Crippen molar-refractivity contribution in [1.29, 1.82) is 0 Å². The SMILES string of the molecule is CCn1cc(-c2ccncn2)c(/C=C/CO)n1. The van der Waals surface area contributed by atoms with E-state index in [1.807, 2.05) is 23.9 Å². The monoisotopic (exact) mass is 230 g/mol. The van der Waals surface area contributed by atoms with Crippen LogP contribution in [0.3, 0.4) is 0 Å². The predicted molar refractivity (Wildman–Crippen MR) is 65.0 cm³/mol. The van der Waals surface area contributed by atoms with E-state index in [0.29, 0.717) is 0 Å². The van der Waals surface area contributed by atoms with Crippen LogP contribution in [0.25, 0.3) is 17.3 Å². The molecule has 0 aliphatic carbocycles. The zero-order valence-electron chi connectivity index (χ0n) is 9.61. The van der Waals surface area contributed by atoms with Crippen molar-refractivity contribution >= 4 is 6.08 Å². The zero-order valence-corrected chi connectivity index (χ0v) is 9.61. The fraction of sp³-hybridized carbons (Fsp3) is 0.250. The number of aromatic nitrogens is 4. The average Bonchev–Trinajstić information content (AvgIpc) is 2.80. The van der Waals surface area contributed by atoms with Gasteiger partial charge in [-0.1, -0.05) is 6.08 Å². The summed E-state index contributed by atoms with van der Waals surface area (Å²) in [5, 5.41) is 13.2. The van der Waals surface area contributed by atoms with E-state index < -0.39 is 0 Å². The summed E-state index contributed by atoms with van der Waals surface area (Å²) in [6, 6.07) is 1.84. The van der Waals surface area contributed by atoms with Gasteiger partial charge in [0.25, 0.3) is 0 Å². The maximum atomic E-state index is 8.81. The fourth-order valence-electron chi connectivity index (χ4n) is 1.53. The number of rotatable bonds is 4. The van der Waals surface area contributed by atoms with Gasteiger partial charge in [0.2, 0.25) is 0 Å². The summed E-state index contributed by atoms with van der Waals surface area (Å²) in [6.45, 7) is 2.82. The van der Waals surface area contributed by atoms with Gasteiger partial charge < -0.3 is 5.11 Å². The standard InChI is InChI=1S/C12H14N4O/c1-2-16-8-10(11-5-6-13-9-14-11)12(15-16)4-3-7-17/h3-6,8-9,17H,2,7H2,1H3/b4-3+. The van der Waals surface area contributed by atoms with Crippen LogP contribution in [0.2, 0.25) is 0 Å². The van der Waals surface area contributed by atoms with Crippen LogP contribution >= 0.6 is 0 Å². The molecule has 0 spiro atoms. The Morgan fingerprint density at radius 1 is 1.47 bits per heavy atom. The summed E-state index contributed by atoms with van der Waals surface area (Å²) in [7, 11) is 0. The summed E-state index contributed by atoms with van der Waals surface area (Å²) in [5.74, 6) is 0. The Hall–Kier alpha value is -2.01. The van der Waals surface area contributed by atoms with Crippen LogP contribution in [0.1, 0.15) is 12.6 Å². The first-order valence-corrected chi connectivity index (χ1v) is 5.46. The van der Waals surface area contributed by atoms with Crippen molar-refractivity contribution in [2.24, 2.45) is 0 Å². The highest BCUT2D eigenvalue weighted by molar-refractivity contribution is 5.69. The molecule has 2 aromatic rings. The van der Waals surface area contributed by atoms with Crippen molar-refractivity contribution in [3.05, 3.63) is 36.6 Å². The highest BCUT2D eigenvalue weighted by atomic mass is 16.2. The Labute approximate surface area is 99.5 Å². The highest BCUT2D eigenvalue weighted by Gasteiger charge is 2.08. The zero-order chi connectivity index (χ0) is 12.1. The van der Waals surface area contributed by atoms with Gasteiger partial charge in [-0.2, -0.15) is 5.10 Å². The minimum absolute atomic E-state index is 0.00218. The quantitative estimate of drug-likeness (QED) is 0.861. The van der Waals surface area contributed by atoms with Crippen LogP contribution in [0.5, 0.6) is 0 Å². The number of aryl methyl sites for hydroxylation is 1. The van der Waals surface area contributed by atoms with Gasteiger partial charge in [-0.3, -0.25) is 4.68 Å². The molecule has 0 fully saturated rings. The second kappa shape index (κ2) is 5.36. The molecule has 17 heavy (non-hydrogen) atoms. The Morgan fingerprint density at radius 2 is 2.35 bits per heavy atom. The van der Waals surface area contributed by atoms with Gasteiger partial charge in [-0.25, -0.2) is 9.97 Å². The molecule has 1 N–H and O–H groups in total. The van der Waals surface area contributed by atoms with E-state index in [9.17, 15) is 0 Å². The van der Waals surface area contributed by atoms with Crippen LogP contribution < -0.4 is 0 Å². The van der Waals surface area contributed by atoms with Crippen molar-refractivity contribution in [3.63, 3.8) is 0 Å². The summed E-state index contributed by atoms with van der Waals surface area (Å²) in [5.41, 5.74) is 2.58. The Bertz CT molecular complexity index is 504. The maximum absolute atomic E-state index is 8.81. The van der Waals surface area contributed by atoms with E-state index >= 15 is 0 Å². The molecule has 0 bridgehead atoms. The molecule has 0 unspecified atom stereocenters. The lowest BCUT2D eigenvalue weighted by molar-refractivity contribution is 0.343. The van der Waals surface area contributed by atoms with Crippen molar-refractivity contribution in [1.82, 2.24) is 19.7 Å². The predicted octanol–water partition coefficient (Wildman–Crippen LogP) is 1.37. The van der Waals surface area contributed by atoms with Crippen LogP contribution in [0.4, 0.5) is 0 Å². The fourth-order valence-corrected chi connectivity index (χ4v) is 1.53. The Balaban J connectivity index is 2.44. The van der Waals surface area contributed by atoms with Crippen LogP contribution in [0.15, 0.2) is 30.9 Å². The number of nitrogens with zero attached hydrogens (tertiary/aromatic N) is 4. The van der Waals surface area contributed by atoms with Crippen molar-refractivity contribution in [2.45, 2.75) is 13.5 Å². The summed E-state index contributed by atoms with van der Waals surface area (Å²) in [4.78, 5) is 8.10. The van der Waals surface area contributed by atoms with Gasteiger partial charge in [-0.15, -0.1) is 0 Å². The molecule has 0 saturated heterocycles. The summed E-state index contributed by atoms with van der Waals surface area (Å²) in [6.07, 6.45) is 8.61. The van der Waals surface area contributed by atoms with Gasteiger partial charge >= 0.3 is 0 Å². The number of aliphatic hydroxyl groups is 1. The lowest BCUT2D eigenvalue weighted by atomic mass is 10.1. The first kappa shape index (κ1) is 11.5. The van der Waals surface area contributed by atoms with Crippen molar-refractivity contribution < 1.29 is 5.11 Å². The molecule has 0 saturated carbocycles. The molecule has 2 aromatic heterocycles. The van der Waals surface area contributed by atoms with Gasteiger partial charge in [0, 0.05) is 24.5 Å². The van der Waals surface area contributed by atoms with Gasteiger partial charge in [0.1, 0.15) is 6.33 Å². The smallest absolute Gasteiger partial charge is 0.116 e. The van der Waals surface area contributed by atoms with Crippen LogP contribution in [0, 0.1) is 0 Å². The molecule has 0 amide bonds. The number of hydrogen-bond donors (Lipinski definition) is 1. The first-order chi connectivity index (χ1) is 8.35. The second-order valence-corrected chi connectivity index (χ2v) is 3.46. The maximum Gasteiger partial charge on any atom is 0.116 e. The van der Waals surface area contributed by atoms with E-state index in [1.165, 1.54) is 6.33 Å². The molecular weight excluding hydrogens is 216 g/mol.